The molecule has 8 nitrogen and oxygen atoms in total. The second-order valence-electron chi connectivity index (χ2n) is 6.86. The Kier molecular flexibility index (Phi) is 5.76. The van der Waals surface area contributed by atoms with Gasteiger partial charge in [0.1, 0.15) is 5.70 Å². The number of furan rings is 1. The third-order valence-electron chi connectivity index (χ3n) is 4.64. The molecule has 32 heavy (non-hydrogen) atoms. The minimum Gasteiger partial charge on any atom is -0.459 e. The van der Waals surface area contributed by atoms with E-state index in [9.17, 15) is 19.7 Å². The lowest BCUT2D eigenvalue weighted by molar-refractivity contribution is -0.384. The van der Waals surface area contributed by atoms with Crippen molar-refractivity contribution in [1.82, 2.24) is 5.32 Å². The number of carbonyl (C=O) groups excluding carboxylic acids is 2. The summed E-state index contributed by atoms with van der Waals surface area (Å²) in [7, 11) is 0. The maximum atomic E-state index is 13.0. The summed E-state index contributed by atoms with van der Waals surface area (Å²) >= 11 is 0. The van der Waals surface area contributed by atoms with E-state index in [1.165, 1.54) is 36.6 Å². The smallest absolute Gasteiger partial charge is 0.291 e. The summed E-state index contributed by atoms with van der Waals surface area (Å²) in [6, 6.07) is 21.9. The van der Waals surface area contributed by atoms with Crippen LogP contribution in [0.2, 0.25) is 0 Å². The lowest BCUT2D eigenvalue weighted by Gasteiger charge is -2.11. The van der Waals surface area contributed by atoms with Gasteiger partial charge in [0.25, 0.3) is 17.5 Å². The summed E-state index contributed by atoms with van der Waals surface area (Å²) in [5, 5.41) is 18.3. The minimum absolute atomic E-state index is 0.0217. The highest BCUT2D eigenvalue weighted by Gasteiger charge is 2.17. The number of nitrogens with one attached hydrogen (secondary N) is 2. The maximum absolute atomic E-state index is 13.0. The number of amides is 2. The van der Waals surface area contributed by atoms with Crippen LogP contribution in [0.25, 0.3) is 16.8 Å². The first-order valence-corrected chi connectivity index (χ1v) is 9.61. The zero-order valence-electron chi connectivity index (χ0n) is 16.6. The number of anilines is 1. The van der Waals surface area contributed by atoms with E-state index < -0.39 is 16.7 Å². The van der Waals surface area contributed by atoms with Crippen molar-refractivity contribution < 1.29 is 18.9 Å². The lowest BCUT2D eigenvalue weighted by Crippen LogP contribution is -2.30. The minimum atomic E-state index is -0.625. The number of benzene rings is 3. The van der Waals surface area contributed by atoms with E-state index in [1.807, 2.05) is 36.4 Å². The van der Waals surface area contributed by atoms with Gasteiger partial charge in [0, 0.05) is 17.8 Å². The molecule has 4 rings (SSSR count). The van der Waals surface area contributed by atoms with Gasteiger partial charge in [0.15, 0.2) is 5.76 Å². The van der Waals surface area contributed by atoms with Crippen molar-refractivity contribution in [3.8, 4) is 0 Å². The quantitative estimate of drug-likeness (QED) is 0.262. The summed E-state index contributed by atoms with van der Waals surface area (Å²) in [5.41, 5.74) is 0.680. The molecule has 0 spiro atoms. The number of fused-ring (bicyclic) bond motifs is 1. The number of non-ortho nitro benzene ring substituents is 1. The van der Waals surface area contributed by atoms with Gasteiger partial charge in [0.2, 0.25) is 0 Å². The molecular weight excluding hydrogens is 410 g/mol. The number of nitrogens with zero attached hydrogens (tertiary/aromatic N) is 1. The van der Waals surface area contributed by atoms with Crippen LogP contribution in [-0.2, 0) is 4.79 Å². The third-order valence-corrected chi connectivity index (χ3v) is 4.64. The van der Waals surface area contributed by atoms with Crippen molar-refractivity contribution in [2.45, 2.75) is 0 Å². The van der Waals surface area contributed by atoms with Gasteiger partial charge < -0.3 is 15.1 Å². The molecule has 0 aliphatic heterocycles. The van der Waals surface area contributed by atoms with Gasteiger partial charge in [-0.05, 0) is 46.7 Å². The van der Waals surface area contributed by atoms with Gasteiger partial charge in [0.05, 0.1) is 11.2 Å². The maximum Gasteiger partial charge on any atom is 0.291 e. The van der Waals surface area contributed by atoms with Gasteiger partial charge in [-0.3, -0.25) is 19.7 Å². The van der Waals surface area contributed by atoms with E-state index in [2.05, 4.69) is 10.6 Å². The van der Waals surface area contributed by atoms with Crippen molar-refractivity contribution in [1.29, 1.82) is 0 Å². The molecule has 3 aromatic carbocycles. The summed E-state index contributed by atoms with van der Waals surface area (Å²) in [4.78, 5) is 36.0. The molecule has 0 atom stereocenters. The molecule has 2 N–H and O–H groups in total. The highest BCUT2D eigenvalue weighted by molar-refractivity contribution is 6.10. The standard InChI is InChI=1S/C24H17N3O5/c28-23(25-19-11-10-17-6-1-2-7-18(17)15-19)21(26-24(29)22-9-4-12-32-22)14-16-5-3-8-20(13-16)27(30)31/h1-15H,(H,25,28)(H,26,29)/b21-14-. The molecule has 1 aromatic heterocycles. The largest absolute Gasteiger partial charge is 0.459 e. The molecule has 0 aliphatic carbocycles. The van der Waals surface area contributed by atoms with Crippen LogP contribution in [0.3, 0.4) is 0 Å². The van der Waals surface area contributed by atoms with Crippen molar-refractivity contribution in [3.05, 3.63) is 112 Å². The van der Waals surface area contributed by atoms with E-state index in [0.717, 1.165) is 10.8 Å². The number of nitro groups is 1. The Morgan fingerprint density at radius 2 is 1.72 bits per heavy atom. The predicted molar refractivity (Wildman–Crippen MR) is 120 cm³/mol. The summed E-state index contributed by atoms with van der Waals surface area (Å²) in [6.07, 6.45) is 2.71. The highest BCUT2D eigenvalue weighted by atomic mass is 16.6. The van der Waals surface area contributed by atoms with E-state index in [-0.39, 0.29) is 17.1 Å². The summed E-state index contributed by atoms with van der Waals surface area (Å²) < 4.78 is 5.08. The Bertz CT molecular complexity index is 1340. The van der Waals surface area contributed by atoms with Crippen LogP contribution in [0.15, 0.2) is 95.2 Å². The van der Waals surface area contributed by atoms with Crippen LogP contribution < -0.4 is 10.6 Å². The fraction of sp³-hybridized carbons (Fsp3) is 0. The Balaban J connectivity index is 1.65. The summed E-state index contributed by atoms with van der Waals surface area (Å²) in [5.74, 6) is -1.19. The van der Waals surface area contributed by atoms with Crippen LogP contribution in [0.1, 0.15) is 16.1 Å². The van der Waals surface area contributed by atoms with Gasteiger partial charge in [-0.15, -0.1) is 0 Å². The van der Waals surface area contributed by atoms with Gasteiger partial charge in [-0.1, -0.05) is 42.5 Å². The zero-order chi connectivity index (χ0) is 22.5. The molecule has 0 bridgehead atoms. The second-order valence-corrected chi connectivity index (χ2v) is 6.86. The van der Waals surface area contributed by atoms with Gasteiger partial charge in [-0.2, -0.15) is 0 Å². The molecule has 1 heterocycles. The Morgan fingerprint density at radius 3 is 2.47 bits per heavy atom. The van der Waals surface area contributed by atoms with E-state index in [1.54, 1.807) is 18.2 Å². The topological polar surface area (TPSA) is 114 Å². The molecule has 0 saturated heterocycles. The predicted octanol–water partition coefficient (Wildman–Crippen LogP) is 4.75. The number of rotatable bonds is 6. The molecular formula is C24H17N3O5. The normalized spacial score (nSPS) is 11.2. The SMILES string of the molecule is O=C(Nc1ccc2ccccc2c1)/C(=C/c1cccc([N+](=O)[O-])c1)NC(=O)c1ccco1. The van der Waals surface area contributed by atoms with Gasteiger partial charge in [-0.25, -0.2) is 0 Å². The van der Waals surface area contributed by atoms with Crippen LogP contribution in [0.5, 0.6) is 0 Å². The number of carbonyl (C=O) groups is 2. The summed E-state index contributed by atoms with van der Waals surface area (Å²) in [6.45, 7) is 0. The van der Waals surface area contributed by atoms with Crippen molar-refractivity contribution in [2.75, 3.05) is 5.32 Å². The fourth-order valence-electron chi connectivity index (χ4n) is 3.11. The van der Waals surface area contributed by atoms with Crippen LogP contribution in [-0.4, -0.2) is 16.7 Å². The lowest BCUT2D eigenvalue weighted by atomic mass is 10.1. The molecule has 0 saturated carbocycles. The Hall–Kier alpha value is -4.72. The second kappa shape index (κ2) is 8.97. The number of hydrogen-bond acceptors (Lipinski definition) is 5. The molecule has 0 radical (unpaired) electrons. The van der Waals surface area contributed by atoms with Crippen molar-refractivity contribution in [3.63, 3.8) is 0 Å². The molecule has 158 valence electrons. The number of hydrogen-bond donors (Lipinski definition) is 2. The fourth-order valence-corrected chi connectivity index (χ4v) is 3.11. The van der Waals surface area contributed by atoms with Crippen LogP contribution in [0.4, 0.5) is 11.4 Å². The Labute approximate surface area is 182 Å². The first-order chi connectivity index (χ1) is 15.5. The molecule has 4 aromatic rings. The number of nitro benzene ring substituents is 1. The first kappa shape index (κ1) is 20.5. The molecule has 8 heteroatoms. The average Bonchev–Trinajstić information content (AvgIpc) is 3.34. The van der Waals surface area contributed by atoms with E-state index in [0.29, 0.717) is 11.3 Å². The average molecular weight is 427 g/mol. The monoisotopic (exact) mass is 427 g/mol. The molecule has 0 aliphatic rings. The molecule has 0 fully saturated rings. The highest BCUT2D eigenvalue weighted by Crippen LogP contribution is 2.20. The zero-order valence-corrected chi connectivity index (χ0v) is 16.6. The first-order valence-electron chi connectivity index (χ1n) is 9.61. The van der Waals surface area contributed by atoms with Crippen LogP contribution >= 0.6 is 0 Å². The molecule has 2 amide bonds. The van der Waals surface area contributed by atoms with Crippen molar-refractivity contribution in [2.24, 2.45) is 0 Å². The third kappa shape index (κ3) is 4.71. The molecule has 0 unspecified atom stereocenters. The Morgan fingerprint density at radius 1 is 0.906 bits per heavy atom. The van der Waals surface area contributed by atoms with E-state index in [4.69, 9.17) is 4.42 Å². The van der Waals surface area contributed by atoms with Crippen molar-refractivity contribution >= 4 is 40.0 Å². The van der Waals surface area contributed by atoms with Gasteiger partial charge >= 0.3 is 0 Å². The van der Waals surface area contributed by atoms with Crippen LogP contribution in [0, 0.1) is 10.1 Å². The van der Waals surface area contributed by atoms with E-state index >= 15 is 0 Å².